The Bertz CT molecular complexity index is 322. The number of rotatable bonds is 3. The van der Waals surface area contributed by atoms with Crippen molar-refractivity contribution in [3.63, 3.8) is 0 Å². The van der Waals surface area contributed by atoms with Gasteiger partial charge in [-0.3, -0.25) is 4.79 Å². The zero-order chi connectivity index (χ0) is 11.5. The third-order valence-electron chi connectivity index (χ3n) is 2.63. The first-order valence-electron chi connectivity index (χ1n) is 5.18. The van der Waals surface area contributed by atoms with Gasteiger partial charge in [-0.05, 0) is 16.9 Å². The van der Waals surface area contributed by atoms with E-state index in [1.54, 1.807) is 0 Å². The van der Waals surface area contributed by atoms with E-state index in [2.05, 4.69) is 20.8 Å². The summed E-state index contributed by atoms with van der Waals surface area (Å²) in [5.74, 6) is -0.671. The lowest BCUT2D eigenvalue weighted by Gasteiger charge is -2.29. The summed E-state index contributed by atoms with van der Waals surface area (Å²) in [6.07, 6.45) is 0.188. The van der Waals surface area contributed by atoms with E-state index in [0.717, 1.165) is 5.56 Å². The predicted octanol–water partition coefficient (Wildman–Crippen LogP) is 3.29. The van der Waals surface area contributed by atoms with Gasteiger partial charge in [0.05, 0.1) is 6.42 Å². The second-order valence-electron chi connectivity index (χ2n) is 4.93. The summed E-state index contributed by atoms with van der Waals surface area (Å²) in [5.41, 5.74) is 1.08. The van der Waals surface area contributed by atoms with Gasteiger partial charge >= 0.3 is 5.97 Å². The number of aliphatic carboxylic acids is 1. The first kappa shape index (κ1) is 11.8. The van der Waals surface area contributed by atoms with Crippen molar-refractivity contribution in [2.24, 2.45) is 5.41 Å². The summed E-state index contributed by atoms with van der Waals surface area (Å²) < 4.78 is 0. The third-order valence-corrected chi connectivity index (χ3v) is 2.63. The molecule has 0 saturated carbocycles. The van der Waals surface area contributed by atoms with Gasteiger partial charge in [0.2, 0.25) is 0 Å². The zero-order valence-electron chi connectivity index (χ0n) is 9.53. The van der Waals surface area contributed by atoms with Gasteiger partial charge in [0.1, 0.15) is 0 Å². The molecule has 0 aliphatic carbocycles. The highest BCUT2D eigenvalue weighted by Gasteiger charge is 2.28. The van der Waals surface area contributed by atoms with E-state index in [-0.39, 0.29) is 17.8 Å². The number of carboxylic acid groups (broad SMARTS) is 1. The highest BCUT2D eigenvalue weighted by molar-refractivity contribution is 5.68. The molecule has 2 nitrogen and oxygen atoms in total. The summed E-state index contributed by atoms with van der Waals surface area (Å²) >= 11 is 0. The molecule has 0 aliphatic heterocycles. The second kappa shape index (κ2) is 4.47. The Hall–Kier alpha value is -1.31. The first-order chi connectivity index (χ1) is 6.91. The largest absolute Gasteiger partial charge is 0.481 e. The van der Waals surface area contributed by atoms with Crippen LogP contribution in [0.4, 0.5) is 0 Å². The van der Waals surface area contributed by atoms with Gasteiger partial charge in [-0.1, -0.05) is 51.1 Å². The first-order valence-corrected chi connectivity index (χ1v) is 5.18. The van der Waals surface area contributed by atoms with Crippen molar-refractivity contribution in [2.75, 3.05) is 0 Å². The molecule has 0 saturated heterocycles. The molecule has 1 N–H and O–H groups in total. The molecule has 1 atom stereocenters. The van der Waals surface area contributed by atoms with E-state index in [1.807, 2.05) is 30.3 Å². The van der Waals surface area contributed by atoms with Crippen LogP contribution in [0.1, 0.15) is 38.7 Å². The molecule has 0 heterocycles. The summed E-state index contributed by atoms with van der Waals surface area (Å²) in [7, 11) is 0. The smallest absolute Gasteiger partial charge is 0.303 e. The van der Waals surface area contributed by atoms with Gasteiger partial charge in [0.15, 0.2) is 0 Å². The molecule has 0 aromatic heterocycles. The number of carbonyl (C=O) groups is 1. The molecule has 0 spiro atoms. The van der Waals surface area contributed by atoms with E-state index in [0.29, 0.717) is 0 Å². The molecule has 0 fully saturated rings. The number of carboxylic acids is 1. The van der Waals surface area contributed by atoms with Crippen molar-refractivity contribution in [3.8, 4) is 0 Å². The van der Waals surface area contributed by atoms with Crippen molar-refractivity contribution < 1.29 is 9.90 Å². The predicted molar refractivity (Wildman–Crippen MR) is 60.9 cm³/mol. The fourth-order valence-corrected chi connectivity index (χ4v) is 1.78. The van der Waals surface area contributed by atoms with Crippen LogP contribution in [0, 0.1) is 5.41 Å². The van der Waals surface area contributed by atoms with Crippen LogP contribution in [0.2, 0.25) is 0 Å². The monoisotopic (exact) mass is 206 g/mol. The number of hydrogen-bond acceptors (Lipinski definition) is 1. The molecule has 0 radical (unpaired) electrons. The molecule has 1 aromatic carbocycles. The van der Waals surface area contributed by atoms with Crippen molar-refractivity contribution in [3.05, 3.63) is 35.9 Å². The molecular formula is C13H18O2. The van der Waals surface area contributed by atoms with Gasteiger partial charge < -0.3 is 5.11 Å². The average molecular weight is 206 g/mol. The lowest BCUT2D eigenvalue weighted by molar-refractivity contribution is -0.138. The van der Waals surface area contributed by atoms with E-state index >= 15 is 0 Å². The van der Waals surface area contributed by atoms with Gasteiger partial charge in [-0.2, -0.15) is 0 Å². The molecule has 0 amide bonds. The third kappa shape index (κ3) is 3.39. The minimum atomic E-state index is -0.737. The van der Waals surface area contributed by atoms with Gasteiger partial charge in [0, 0.05) is 0 Å². The maximum Gasteiger partial charge on any atom is 0.303 e. The maximum absolute atomic E-state index is 10.8. The molecule has 0 aliphatic rings. The fourth-order valence-electron chi connectivity index (χ4n) is 1.78. The van der Waals surface area contributed by atoms with Gasteiger partial charge in [0.25, 0.3) is 0 Å². The minimum Gasteiger partial charge on any atom is -0.481 e. The standard InChI is InChI=1S/C13H18O2/c1-13(2,3)11(9-12(14)15)10-7-5-4-6-8-10/h4-8,11H,9H2,1-3H3,(H,14,15)/t11-/m0/s1. The number of benzene rings is 1. The van der Waals surface area contributed by atoms with E-state index < -0.39 is 5.97 Å². The molecule has 15 heavy (non-hydrogen) atoms. The van der Waals surface area contributed by atoms with Gasteiger partial charge in [-0.15, -0.1) is 0 Å². The van der Waals surface area contributed by atoms with E-state index in [9.17, 15) is 4.79 Å². The molecular weight excluding hydrogens is 188 g/mol. The normalized spacial score (nSPS) is 13.5. The summed E-state index contributed by atoms with van der Waals surface area (Å²) in [6, 6.07) is 9.85. The van der Waals surface area contributed by atoms with Crippen LogP contribution in [-0.4, -0.2) is 11.1 Å². The Morgan fingerprint density at radius 1 is 1.27 bits per heavy atom. The van der Waals surface area contributed by atoms with Gasteiger partial charge in [-0.25, -0.2) is 0 Å². The average Bonchev–Trinajstić information content (AvgIpc) is 2.14. The van der Waals surface area contributed by atoms with Crippen LogP contribution in [0.3, 0.4) is 0 Å². The van der Waals surface area contributed by atoms with Crippen LogP contribution in [0.15, 0.2) is 30.3 Å². The number of hydrogen-bond donors (Lipinski definition) is 1. The van der Waals surface area contributed by atoms with E-state index in [4.69, 9.17) is 5.11 Å². The quantitative estimate of drug-likeness (QED) is 0.824. The van der Waals surface area contributed by atoms with Crippen LogP contribution in [0.25, 0.3) is 0 Å². The Labute approximate surface area is 90.9 Å². The fraction of sp³-hybridized carbons (Fsp3) is 0.462. The van der Waals surface area contributed by atoms with Crippen molar-refractivity contribution >= 4 is 5.97 Å². The molecule has 82 valence electrons. The lowest BCUT2D eigenvalue weighted by Crippen LogP contribution is -2.21. The Kier molecular flexibility index (Phi) is 3.51. The Morgan fingerprint density at radius 2 is 1.80 bits per heavy atom. The maximum atomic E-state index is 10.8. The molecule has 0 unspecified atom stereocenters. The Balaban J connectivity index is 2.97. The summed E-state index contributed by atoms with van der Waals surface area (Å²) in [6.45, 7) is 6.23. The summed E-state index contributed by atoms with van der Waals surface area (Å²) in [5, 5.41) is 8.91. The van der Waals surface area contributed by atoms with Crippen molar-refractivity contribution in [1.82, 2.24) is 0 Å². The highest BCUT2D eigenvalue weighted by Crippen LogP contribution is 2.37. The molecule has 1 aromatic rings. The Morgan fingerprint density at radius 3 is 2.20 bits per heavy atom. The van der Waals surface area contributed by atoms with Crippen LogP contribution in [0.5, 0.6) is 0 Å². The molecule has 0 bridgehead atoms. The zero-order valence-corrected chi connectivity index (χ0v) is 9.53. The highest BCUT2D eigenvalue weighted by atomic mass is 16.4. The summed E-state index contributed by atoms with van der Waals surface area (Å²) in [4.78, 5) is 10.8. The van der Waals surface area contributed by atoms with E-state index in [1.165, 1.54) is 0 Å². The lowest BCUT2D eigenvalue weighted by atomic mass is 9.75. The van der Waals surface area contributed by atoms with Crippen LogP contribution >= 0.6 is 0 Å². The van der Waals surface area contributed by atoms with Crippen molar-refractivity contribution in [2.45, 2.75) is 33.1 Å². The topological polar surface area (TPSA) is 37.3 Å². The molecule has 2 heteroatoms. The minimum absolute atomic E-state index is 0.0280. The van der Waals surface area contributed by atoms with Crippen molar-refractivity contribution in [1.29, 1.82) is 0 Å². The molecule has 1 rings (SSSR count). The second-order valence-corrected chi connectivity index (χ2v) is 4.93. The SMILES string of the molecule is CC(C)(C)[C@@H](CC(=O)O)c1ccccc1. The van der Waals surface area contributed by atoms with Crippen LogP contribution in [-0.2, 0) is 4.79 Å². The van der Waals surface area contributed by atoms with Crippen LogP contribution < -0.4 is 0 Å².